The molecule has 6 nitrogen and oxygen atoms in total. The SMILES string of the molecule is COc1ccc(-n2ccnc2-c2nc(-c3cccs3)oc2C)cn1. The summed E-state index contributed by atoms with van der Waals surface area (Å²) in [7, 11) is 1.59. The molecule has 0 bridgehead atoms. The molecule has 4 aromatic rings. The number of aryl methyl sites for hydroxylation is 1. The fraction of sp³-hybridized carbons (Fsp3) is 0.118. The Kier molecular flexibility index (Phi) is 3.62. The molecule has 0 spiro atoms. The molecule has 0 unspecified atom stereocenters. The van der Waals surface area contributed by atoms with Crippen LogP contribution in [0, 0.1) is 6.92 Å². The van der Waals surface area contributed by atoms with E-state index in [0.29, 0.717) is 17.6 Å². The Bertz CT molecular complexity index is 955. The Labute approximate surface area is 142 Å². The van der Waals surface area contributed by atoms with Gasteiger partial charge >= 0.3 is 0 Å². The highest BCUT2D eigenvalue weighted by atomic mass is 32.1. The summed E-state index contributed by atoms with van der Waals surface area (Å²) in [4.78, 5) is 14.3. The summed E-state index contributed by atoms with van der Waals surface area (Å²) in [6.07, 6.45) is 5.34. The first-order valence-electron chi connectivity index (χ1n) is 7.31. The molecular weight excluding hydrogens is 324 g/mol. The van der Waals surface area contributed by atoms with Crippen LogP contribution in [0.15, 0.2) is 52.7 Å². The maximum atomic E-state index is 5.82. The Morgan fingerprint density at radius 1 is 1.21 bits per heavy atom. The van der Waals surface area contributed by atoms with Crippen LogP contribution in [0.4, 0.5) is 0 Å². The second-order valence-electron chi connectivity index (χ2n) is 5.08. The molecule has 0 radical (unpaired) electrons. The van der Waals surface area contributed by atoms with E-state index in [1.165, 1.54) is 0 Å². The van der Waals surface area contributed by atoms with Gasteiger partial charge in [0.15, 0.2) is 5.82 Å². The molecule has 4 rings (SSSR count). The Morgan fingerprint density at radius 3 is 2.83 bits per heavy atom. The summed E-state index contributed by atoms with van der Waals surface area (Å²) in [5, 5.41) is 2.00. The van der Waals surface area contributed by atoms with Crippen molar-refractivity contribution in [2.24, 2.45) is 0 Å². The number of hydrogen-bond donors (Lipinski definition) is 0. The molecule has 0 saturated heterocycles. The van der Waals surface area contributed by atoms with Crippen molar-refractivity contribution < 1.29 is 9.15 Å². The van der Waals surface area contributed by atoms with Gasteiger partial charge in [0.2, 0.25) is 11.8 Å². The van der Waals surface area contributed by atoms with Crippen molar-refractivity contribution in [2.75, 3.05) is 7.11 Å². The van der Waals surface area contributed by atoms with Crippen molar-refractivity contribution in [1.29, 1.82) is 0 Å². The van der Waals surface area contributed by atoms with Crippen molar-refractivity contribution in [2.45, 2.75) is 6.92 Å². The van der Waals surface area contributed by atoms with E-state index in [-0.39, 0.29) is 0 Å². The highest BCUT2D eigenvalue weighted by Gasteiger charge is 2.18. The molecule has 0 aliphatic carbocycles. The molecule has 4 aromatic heterocycles. The monoisotopic (exact) mass is 338 g/mol. The summed E-state index contributed by atoms with van der Waals surface area (Å²) < 4.78 is 12.8. The van der Waals surface area contributed by atoms with Crippen LogP contribution in [0.25, 0.3) is 28.0 Å². The average molecular weight is 338 g/mol. The topological polar surface area (TPSA) is 66.0 Å². The Morgan fingerprint density at radius 2 is 2.12 bits per heavy atom. The number of thiophene rings is 1. The molecule has 0 aliphatic rings. The van der Waals surface area contributed by atoms with Gasteiger partial charge in [-0.1, -0.05) is 6.07 Å². The number of oxazole rings is 1. The fourth-order valence-electron chi connectivity index (χ4n) is 2.43. The van der Waals surface area contributed by atoms with Crippen molar-refractivity contribution in [3.8, 4) is 33.9 Å². The van der Waals surface area contributed by atoms with E-state index < -0.39 is 0 Å². The molecular formula is C17H14N4O2S. The average Bonchev–Trinajstić information content (AvgIpc) is 3.35. The second kappa shape index (κ2) is 5.93. The predicted octanol–water partition coefficient (Wildman–Crippen LogP) is 3.97. The van der Waals surface area contributed by atoms with E-state index in [9.17, 15) is 0 Å². The van der Waals surface area contributed by atoms with E-state index in [0.717, 1.165) is 22.0 Å². The molecule has 0 saturated carbocycles. The first-order chi connectivity index (χ1) is 11.8. The highest BCUT2D eigenvalue weighted by Crippen LogP contribution is 2.31. The van der Waals surface area contributed by atoms with Crippen molar-refractivity contribution >= 4 is 11.3 Å². The van der Waals surface area contributed by atoms with E-state index in [4.69, 9.17) is 9.15 Å². The molecule has 4 heterocycles. The van der Waals surface area contributed by atoms with Crippen molar-refractivity contribution in [3.05, 3.63) is 54.0 Å². The first kappa shape index (κ1) is 14.6. The highest BCUT2D eigenvalue weighted by molar-refractivity contribution is 7.13. The lowest BCUT2D eigenvalue weighted by Gasteiger charge is -2.06. The molecule has 0 aromatic carbocycles. The lowest BCUT2D eigenvalue weighted by Crippen LogP contribution is -1.98. The third kappa shape index (κ3) is 2.48. The minimum atomic E-state index is 0.568. The van der Waals surface area contributed by atoms with Crippen LogP contribution in [0.5, 0.6) is 5.88 Å². The molecule has 120 valence electrons. The second-order valence-corrected chi connectivity index (χ2v) is 6.03. The largest absolute Gasteiger partial charge is 0.481 e. The van der Waals surface area contributed by atoms with E-state index in [1.54, 1.807) is 30.8 Å². The smallest absolute Gasteiger partial charge is 0.237 e. The van der Waals surface area contributed by atoms with Gasteiger partial charge in [0.25, 0.3) is 0 Å². The third-order valence-electron chi connectivity index (χ3n) is 3.59. The van der Waals surface area contributed by atoms with E-state index in [2.05, 4.69) is 15.0 Å². The van der Waals surface area contributed by atoms with Gasteiger partial charge in [-0.2, -0.15) is 0 Å². The number of aromatic nitrogens is 4. The van der Waals surface area contributed by atoms with Crippen molar-refractivity contribution in [3.63, 3.8) is 0 Å². The number of ether oxygens (including phenoxy) is 1. The Balaban J connectivity index is 1.77. The van der Waals surface area contributed by atoms with Gasteiger partial charge in [-0.25, -0.2) is 15.0 Å². The number of hydrogen-bond acceptors (Lipinski definition) is 6. The predicted molar refractivity (Wildman–Crippen MR) is 91.5 cm³/mol. The van der Waals surface area contributed by atoms with Crippen LogP contribution in [0.2, 0.25) is 0 Å². The fourth-order valence-corrected chi connectivity index (χ4v) is 3.08. The molecule has 7 heteroatoms. The van der Waals surface area contributed by atoms with Gasteiger partial charge in [0.1, 0.15) is 11.5 Å². The summed E-state index contributed by atoms with van der Waals surface area (Å²) in [6.45, 7) is 1.89. The molecule has 0 fully saturated rings. The van der Waals surface area contributed by atoms with Gasteiger partial charge in [0.05, 0.1) is 23.9 Å². The lowest BCUT2D eigenvalue weighted by molar-refractivity contribution is 0.398. The summed E-state index contributed by atoms with van der Waals surface area (Å²) in [5.41, 5.74) is 1.60. The van der Waals surface area contributed by atoms with Gasteiger partial charge in [0, 0.05) is 18.5 Å². The first-order valence-corrected chi connectivity index (χ1v) is 8.19. The van der Waals surface area contributed by atoms with E-state index >= 15 is 0 Å². The normalized spacial score (nSPS) is 10.9. The standard InChI is InChI=1S/C17H14N4O2S/c1-11-15(20-17(23-11)13-4-3-9-24-13)16-18-7-8-21(16)12-5-6-14(22-2)19-10-12/h3-10H,1-2H3. The quantitative estimate of drug-likeness (QED) is 0.563. The van der Waals surface area contributed by atoms with Gasteiger partial charge in [-0.3, -0.25) is 4.57 Å². The number of methoxy groups -OCH3 is 1. The maximum Gasteiger partial charge on any atom is 0.237 e. The van der Waals surface area contributed by atoms with Gasteiger partial charge in [-0.05, 0) is 24.4 Å². The summed E-state index contributed by atoms with van der Waals surface area (Å²) in [6, 6.07) is 7.70. The zero-order valence-electron chi connectivity index (χ0n) is 13.1. The summed E-state index contributed by atoms with van der Waals surface area (Å²) in [5.74, 6) is 2.62. The number of imidazole rings is 1. The van der Waals surface area contributed by atoms with Gasteiger partial charge < -0.3 is 9.15 Å². The molecule has 0 aliphatic heterocycles. The molecule has 0 atom stereocenters. The number of pyridine rings is 1. The molecule has 0 N–H and O–H groups in total. The van der Waals surface area contributed by atoms with Crippen LogP contribution in [-0.4, -0.2) is 26.6 Å². The summed E-state index contributed by atoms with van der Waals surface area (Å²) >= 11 is 1.59. The lowest BCUT2D eigenvalue weighted by atomic mass is 10.3. The van der Waals surface area contributed by atoms with Crippen LogP contribution in [0.1, 0.15) is 5.76 Å². The molecule has 0 amide bonds. The van der Waals surface area contributed by atoms with Crippen LogP contribution < -0.4 is 4.74 Å². The molecule has 24 heavy (non-hydrogen) atoms. The zero-order valence-corrected chi connectivity index (χ0v) is 13.9. The zero-order chi connectivity index (χ0) is 16.5. The van der Waals surface area contributed by atoms with Crippen molar-refractivity contribution in [1.82, 2.24) is 19.5 Å². The number of rotatable bonds is 4. The van der Waals surface area contributed by atoms with Crippen LogP contribution >= 0.6 is 11.3 Å². The van der Waals surface area contributed by atoms with Crippen LogP contribution in [0.3, 0.4) is 0 Å². The Hall–Kier alpha value is -2.93. The number of nitrogens with zero attached hydrogens (tertiary/aromatic N) is 4. The minimum Gasteiger partial charge on any atom is -0.481 e. The third-order valence-corrected chi connectivity index (χ3v) is 4.45. The maximum absolute atomic E-state index is 5.82. The van der Waals surface area contributed by atoms with Gasteiger partial charge in [-0.15, -0.1) is 11.3 Å². The minimum absolute atomic E-state index is 0.568. The van der Waals surface area contributed by atoms with Crippen LogP contribution in [-0.2, 0) is 0 Å². The van der Waals surface area contributed by atoms with E-state index in [1.807, 2.05) is 47.3 Å².